The maximum Gasteiger partial charge on any atom is 0.278 e. The SMILES string of the molecule is C=P1(S)OC[C@H]2O[C@@H](n3cnc4c(=O)[nH]cnc43)[C@H](F)[C@@H]2OP(=C)(S)OC[C@@H]2O[C@H](n3cnc4c(N)ncnc43)[C@H](F)[C@H]2O1. The lowest BCUT2D eigenvalue weighted by atomic mass is 10.1. The fraction of sp³-hybridized carbons (Fsp3) is 0.455. The fourth-order valence-corrected chi connectivity index (χ4v) is 8.48. The summed E-state index contributed by atoms with van der Waals surface area (Å²) >= 11 is 8.94. The number of ether oxygens (including phenoxy) is 2. The van der Waals surface area contributed by atoms with Gasteiger partial charge in [-0.05, 0) is 12.6 Å². The third-order valence-corrected chi connectivity index (χ3v) is 10.8. The lowest BCUT2D eigenvalue weighted by Crippen LogP contribution is -2.36. The molecule has 0 radical (unpaired) electrons. The van der Waals surface area contributed by atoms with E-state index in [0.29, 0.717) is 0 Å². The zero-order valence-electron chi connectivity index (χ0n) is 22.4. The van der Waals surface area contributed by atoms with E-state index in [1.54, 1.807) is 0 Å². The van der Waals surface area contributed by atoms with Gasteiger partial charge in [-0.25, -0.2) is 33.7 Å². The van der Waals surface area contributed by atoms with Crippen molar-refractivity contribution in [3.8, 4) is 0 Å². The highest BCUT2D eigenvalue weighted by molar-refractivity contribution is 8.48. The largest absolute Gasteiger partial charge is 0.382 e. The van der Waals surface area contributed by atoms with E-state index in [1.165, 1.54) is 34.4 Å². The van der Waals surface area contributed by atoms with Crippen LogP contribution in [0.5, 0.6) is 0 Å². The Labute approximate surface area is 257 Å². The van der Waals surface area contributed by atoms with Crippen LogP contribution in [0.15, 0.2) is 30.1 Å². The zero-order chi connectivity index (χ0) is 31.0. The van der Waals surface area contributed by atoms with Crippen molar-refractivity contribution in [2.75, 3.05) is 18.9 Å². The van der Waals surface area contributed by atoms with Gasteiger partial charge >= 0.3 is 0 Å². The van der Waals surface area contributed by atoms with Gasteiger partial charge in [-0.2, -0.15) is 0 Å². The number of anilines is 1. The van der Waals surface area contributed by atoms with Crippen LogP contribution >= 0.6 is 37.6 Å². The molecule has 0 saturated carbocycles. The summed E-state index contributed by atoms with van der Waals surface area (Å²) in [7, 11) is 0. The number of alkyl halides is 2. The van der Waals surface area contributed by atoms with Crippen LogP contribution < -0.4 is 11.3 Å². The van der Waals surface area contributed by atoms with Crippen molar-refractivity contribution < 1.29 is 36.3 Å². The second-order valence-electron chi connectivity index (χ2n) is 10.2. The van der Waals surface area contributed by atoms with Crippen LogP contribution in [0.25, 0.3) is 22.3 Å². The predicted octanol–water partition coefficient (Wildman–Crippen LogP) is 2.08. The first kappa shape index (κ1) is 30.3. The molecule has 236 valence electrons. The van der Waals surface area contributed by atoms with E-state index >= 15 is 8.78 Å². The molecule has 44 heavy (non-hydrogen) atoms. The number of nitrogens with one attached hydrogen (secondary N) is 1. The molecule has 0 aliphatic carbocycles. The minimum Gasteiger partial charge on any atom is -0.382 e. The molecule has 3 N–H and O–H groups in total. The number of nitrogen functional groups attached to an aromatic ring is 1. The molecule has 10 atom stereocenters. The van der Waals surface area contributed by atoms with Crippen LogP contribution in [-0.2, 0) is 27.6 Å². The van der Waals surface area contributed by atoms with Crippen molar-refractivity contribution in [1.29, 1.82) is 0 Å². The molecule has 7 heterocycles. The quantitative estimate of drug-likeness (QED) is 0.177. The molecule has 0 spiro atoms. The number of nitrogens with two attached hydrogens (primary N) is 1. The average Bonchev–Trinajstić information content (AvgIpc) is 3.73. The van der Waals surface area contributed by atoms with Gasteiger partial charge in [0.1, 0.15) is 36.3 Å². The van der Waals surface area contributed by atoms with Crippen molar-refractivity contribution in [3.63, 3.8) is 0 Å². The molecule has 4 aromatic rings. The topological polar surface area (TPSA) is 189 Å². The first-order valence-electron chi connectivity index (χ1n) is 12.9. The van der Waals surface area contributed by atoms with Gasteiger partial charge < -0.3 is 38.3 Å². The molecule has 16 nitrogen and oxygen atoms in total. The van der Waals surface area contributed by atoms with Crippen LogP contribution in [0.2, 0.25) is 0 Å². The lowest BCUT2D eigenvalue weighted by Gasteiger charge is -2.32. The predicted molar refractivity (Wildman–Crippen MR) is 163 cm³/mol. The molecule has 2 unspecified atom stereocenters. The van der Waals surface area contributed by atoms with E-state index in [1.807, 2.05) is 0 Å². The standard InChI is InChI=1S/C22H25F2N9O7P2S2/c1-41(43)36-4-10-16(12(24)22(38-10)33-8-31-14-19(33)28-6-29-20(14)34)40-42(2,44)35-3-9-15(39-41)11(23)21(37-9)32-7-30-13-17(25)26-5-27-18(13)32/h5-12,15-16,21-22,43-44H,1-4H2,(H2,25,26,27)(H,28,29,34)/t9-,10+,11+,12+,15-,16+,21-,22+,41?,42?/m0/s1. The van der Waals surface area contributed by atoms with E-state index in [4.69, 9.17) is 33.3 Å². The summed E-state index contributed by atoms with van der Waals surface area (Å²) in [5.41, 5.74) is 6.00. The Morgan fingerprint density at radius 3 is 1.95 bits per heavy atom. The van der Waals surface area contributed by atoms with Crippen molar-refractivity contribution >= 4 is 78.3 Å². The summed E-state index contributed by atoms with van der Waals surface area (Å²) in [4.78, 5) is 34.9. The number of imidazole rings is 2. The molecular weight excluding hydrogens is 666 g/mol. The van der Waals surface area contributed by atoms with Gasteiger partial charge in [0.25, 0.3) is 5.56 Å². The van der Waals surface area contributed by atoms with Crippen LogP contribution in [0.1, 0.15) is 12.5 Å². The number of nitrogens with zero attached hydrogens (tertiary/aromatic N) is 7. The van der Waals surface area contributed by atoms with E-state index in [9.17, 15) is 4.79 Å². The second kappa shape index (κ2) is 11.2. The van der Waals surface area contributed by atoms with E-state index in [-0.39, 0.29) is 41.4 Å². The van der Waals surface area contributed by atoms with Crippen molar-refractivity contribution in [2.24, 2.45) is 0 Å². The van der Waals surface area contributed by atoms with E-state index in [0.717, 1.165) is 0 Å². The second-order valence-corrected chi connectivity index (χ2v) is 17.3. The number of halogens is 2. The number of aromatic amines is 1. The Balaban J connectivity index is 1.17. The fourth-order valence-electron chi connectivity index (χ4n) is 5.28. The lowest BCUT2D eigenvalue weighted by molar-refractivity contribution is -0.0502. The number of aromatic nitrogens is 8. The summed E-state index contributed by atoms with van der Waals surface area (Å²) in [6.45, 7) is -7.32. The monoisotopic (exact) mass is 691 g/mol. The Kier molecular flexibility index (Phi) is 7.67. The van der Waals surface area contributed by atoms with Gasteiger partial charge in [0.2, 0.25) is 0 Å². The summed E-state index contributed by atoms with van der Waals surface area (Å²) in [5, 5.41) is 0. The minimum absolute atomic E-state index is 0.000389. The summed E-state index contributed by atoms with van der Waals surface area (Å²) in [6, 6.07) is 0. The average molecular weight is 692 g/mol. The molecule has 0 bridgehead atoms. The molecule has 3 saturated heterocycles. The zero-order valence-corrected chi connectivity index (χ0v) is 25.9. The molecule has 7 rings (SSSR count). The Bertz CT molecular complexity index is 1900. The van der Waals surface area contributed by atoms with Gasteiger partial charge in [0.05, 0.1) is 32.2 Å². The molecule has 4 aromatic heterocycles. The van der Waals surface area contributed by atoms with Crippen LogP contribution in [-0.4, -0.2) is 102 Å². The van der Waals surface area contributed by atoms with Gasteiger partial charge in [-0.3, -0.25) is 13.9 Å². The van der Waals surface area contributed by atoms with E-state index < -0.39 is 67.9 Å². The maximum atomic E-state index is 16.1. The van der Waals surface area contributed by atoms with Crippen LogP contribution in [0.4, 0.5) is 14.6 Å². The molecule has 0 amide bonds. The van der Waals surface area contributed by atoms with E-state index in [2.05, 4.69) is 67.0 Å². The number of rotatable bonds is 2. The molecule has 3 aliphatic heterocycles. The van der Waals surface area contributed by atoms with Gasteiger partial charge in [-0.15, -0.1) is 0 Å². The summed E-state index contributed by atoms with van der Waals surface area (Å²) < 4.78 is 70.7. The van der Waals surface area contributed by atoms with Crippen molar-refractivity contribution in [2.45, 2.75) is 49.2 Å². The summed E-state index contributed by atoms with van der Waals surface area (Å²) in [6.07, 6.45) is 1.89. The number of thiol groups is 2. The normalized spacial score (nSPS) is 38.3. The number of hydrogen-bond acceptors (Lipinski definition) is 15. The molecule has 3 fully saturated rings. The highest BCUT2D eigenvalue weighted by Crippen LogP contribution is 2.60. The molecule has 0 aromatic carbocycles. The Morgan fingerprint density at radius 1 is 0.864 bits per heavy atom. The number of fused-ring (bicyclic) bond motifs is 4. The summed E-state index contributed by atoms with van der Waals surface area (Å²) in [5.74, 6) is 0.117. The van der Waals surface area contributed by atoms with Crippen molar-refractivity contribution in [3.05, 3.63) is 35.7 Å². The smallest absolute Gasteiger partial charge is 0.278 e. The van der Waals surface area contributed by atoms with Gasteiger partial charge in [0.15, 0.2) is 60.5 Å². The first-order chi connectivity index (χ1) is 20.9. The number of H-pyrrole nitrogens is 1. The van der Waals surface area contributed by atoms with Crippen LogP contribution in [0, 0.1) is 0 Å². The Morgan fingerprint density at radius 2 is 1.39 bits per heavy atom. The molecular formula is C22H25F2N9O7P2S2. The van der Waals surface area contributed by atoms with Crippen LogP contribution in [0.3, 0.4) is 0 Å². The third kappa shape index (κ3) is 5.30. The molecule has 3 aliphatic rings. The Hall–Kier alpha value is -2.38. The highest BCUT2D eigenvalue weighted by atomic mass is 32.7. The third-order valence-electron chi connectivity index (χ3n) is 7.29. The van der Waals surface area contributed by atoms with Gasteiger partial charge in [-0.1, -0.05) is 24.5 Å². The number of hydrogen-bond donors (Lipinski definition) is 4. The first-order valence-corrected chi connectivity index (χ1v) is 18.9. The van der Waals surface area contributed by atoms with Gasteiger partial charge in [0, 0.05) is 0 Å². The minimum atomic E-state index is -3.35. The van der Waals surface area contributed by atoms with Crippen molar-refractivity contribution in [1.82, 2.24) is 39.0 Å². The highest BCUT2D eigenvalue weighted by Gasteiger charge is 2.52. The molecule has 22 heteroatoms. The maximum absolute atomic E-state index is 16.1.